The molecule has 208 valence electrons. The maximum absolute atomic E-state index is 13.5. The highest BCUT2D eigenvalue weighted by Crippen LogP contribution is 2.19. The van der Waals surface area contributed by atoms with Crippen LogP contribution < -0.4 is 21.1 Å². The number of aromatic nitrogens is 5. The van der Waals surface area contributed by atoms with Crippen LogP contribution in [0.15, 0.2) is 76.5 Å². The smallest absolute Gasteiger partial charge is 0.295 e. The number of carbonyl (C=O) groups excluding carboxylic acids is 2. The lowest BCUT2D eigenvalue weighted by Gasteiger charge is -2.30. The Balaban J connectivity index is 1.21. The van der Waals surface area contributed by atoms with Crippen molar-refractivity contribution in [2.24, 2.45) is 0 Å². The number of rotatable bonds is 8. The summed E-state index contributed by atoms with van der Waals surface area (Å²) in [4.78, 5) is 57.2. The van der Waals surface area contributed by atoms with E-state index in [1.807, 2.05) is 35.2 Å². The summed E-state index contributed by atoms with van der Waals surface area (Å²) in [5.74, 6) is -0.551. The van der Waals surface area contributed by atoms with Crippen LogP contribution in [0.3, 0.4) is 0 Å². The maximum Gasteiger partial charge on any atom is 0.295 e. The quantitative estimate of drug-likeness (QED) is 0.261. The van der Waals surface area contributed by atoms with Gasteiger partial charge in [0, 0.05) is 47.6 Å². The van der Waals surface area contributed by atoms with Crippen molar-refractivity contribution in [3.8, 4) is 11.5 Å². The van der Waals surface area contributed by atoms with Gasteiger partial charge < -0.3 is 29.7 Å². The van der Waals surface area contributed by atoms with Gasteiger partial charge in [-0.05, 0) is 24.3 Å². The molecule has 6 rings (SSSR count). The fraction of sp³-hybridized carbons (Fsp3) is 0.214. The largest absolute Gasteiger partial charge is 0.444 e. The van der Waals surface area contributed by atoms with Gasteiger partial charge in [0.2, 0.25) is 11.8 Å². The number of benzene rings is 1. The van der Waals surface area contributed by atoms with Gasteiger partial charge in [-0.25, -0.2) is 9.97 Å². The van der Waals surface area contributed by atoms with Crippen LogP contribution in [0.25, 0.3) is 22.4 Å². The Kier molecular flexibility index (Phi) is 7.24. The highest BCUT2D eigenvalue weighted by atomic mass is 16.5. The molecule has 0 unspecified atom stereocenters. The number of pyridine rings is 1. The fourth-order valence-corrected chi connectivity index (χ4v) is 4.55. The van der Waals surface area contributed by atoms with Crippen molar-refractivity contribution in [2.75, 3.05) is 36.5 Å². The van der Waals surface area contributed by atoms with E-state index in [0.717, 1.165) is 16.6 Å². The third-order valence-corrected chi connectivity index (χ3v) is 6.61. The summed E-state index contributed by atoms with van der Waals surface area (Å²) < 4.78 is 12.2. The fourth-order valence-electron chi connectivity index (χ4n) is 4.55. The lowest BCUT2D eigenvalue weighted by atomic mass is 10.2. The van der Waals surface area contributed by atoms with Crippen LogP contribution in [0.2, 0.25) is 0 Å². The minimum absolute atomic E-state index is 0.0138. The van der Waals surface area contributed by atoms with Crippen molar-refractivity contribution in [1.82, 2.24) is 29.8 Å². The lowest BCUT2D eigenvalue weighted by Crippen LogP contribution is -2.42. The van der Waals surface area contributed by atoms with E-state index in [-0.39, 0.29) is 36.4 Å². The first-order valence-corrected chi connectivity index (χ1v) is 13.0. The summed E-state index contributed by atoms with van der Waals surface area (Å²) in [6.45, 7) is 1.96. The number of hydrogen-bond donors (Lipinski definition) is 3. The first-order valence-electron chi connectivity index (χ1n) is 13.0. The van der Waals surface area contributed by atoms with Crippen LogP contribution in [-0.4, -0.2) is 62.6 Å². The van der Waals surface area contributed by atoms with Crippen LogP contribution >= 0.6 is 0 Å². The zero-order valence-electron chi connectivity index (χ0n) is 21.9. The normalized spacial score (nSPS) is 13.3. The number of aromatic amines is 1. The van der Waals surface area contributed by atoms with Crippen molar-refractivity contribution >= 4 is 34.4 Å². The van der Waals surface area contributed by atoms with Gasteiger partial charge in [-0.15, -0.1) is 0 Å². The molecule has 0 saturated carbocycles. The average molecular weight is 555 g/mol. The topological polar surface area (TPSA) is 160 Å². The van der Waals surface area contributed by atoms with Crippen LogP contribution in [0.5, 0.6) is 0 Å². The predicted molar refractivity (Wildman–Crippen MR) is 149 cm³/mol. The van der Waals surface area contributed by atoms with Gasteiger partial charge in [-0.1, -0.05) is 18.2 Å². The maximum atomic E-state index is 13.5. The molecule has 1 aliphatic rings. The van der Waals surface area contributed by atoms with E-state index in [4.69, 9.17) is 9.15 Å². The monoisotopic (exact) mass is 554 g/mol. The number of hydrogen-bond acceptors (Lipinski definition) is 9. The van der Waals surface area contributed by atoms with Gasteiger partial charge in [0.05, 0.1) is 26.0 Å². The van der Waals surface area contributed by atoms with E-state index < -0.39 is 11.5 Å². The van der Waals surface area contributed by atoms with Gasteiger partial charge in [0.25, 0.3) is 11.5 Å². The Morgan fingerprint density at radius 1 is 1.07 bits per heavy atom. The van der Waals surface area contributed by atoms with E-state index in [1.54, 1.807) is 24.5 Å². The minimum Gasteiger partial charge on any atom is -0.444 e. The first-order chi connectivity index (χ1) is 20.0. The third kappa shape index (κ3) is 5.70. The molecule has 5 heterocycles. The van der Waals surface area contributed by atoms with Crippen molar-refractivity contribution in [1.29, 1.82) is 0 Å². The Morgan fingerprint density at radius 2 is 1.90 bits per heavy atom. The number of fused-ring (bicyclic) bond motifs is 1. The number of anilines is 2. The van der Waals surface area contributed by atoms with Crippen molar-refractivity contribution in [3.63, 3.8) is 0 Å². The first kappa shape index (κ1) is 26.0. The number of H-pyrrole nitrogens is 1. The second-order valence-corrected chi connectivity index (χ2v) is 9.35. The van der Waals surface area contributed by atoms with Crippen molar-refractivity contribution in [2.45, 2.75) is 13.1 Å². The van der Waals surface area contributed by atoms with Gasteiger partial charge in [0.15, 0.2) is 11.5 Å². The van der Waals surface area contributed by atoms with Gasteiger partial charge in [0.1, 0.15) is 18.6 Å². The number of amides is 2. The molecule has 3 N–H and O–H groups in total. The van der Waals surface area contributed by atoms with Crippen LogP contribution in [-0.2, 0) is 22.6 Å². The molecule has 0 bridgehead atoms. The summed E-state index contributed by atoms with van der Waals surface area (Å²) >= 11 is 0. The Bertz CT molecular complexity index is 1720. The number of nitrogens with one attached hydrogen (secondary N) is 3. The minimum atomic E-state index is -0.663. The molecule has 0 radical (unpaired) electrons. The molecule has 13 heteroatoms. The van der Waals surface area contributed by atoms with E-state index in [0.29, 0.717) is 37.7 Å². The number of ether oxygens (including phenoxy) is 1. The highest BCUT2D eigenvalue weighted by molar-refractivity contribution is 6.02. The molecule has 4 aromatic heterocycles. The Hall–Kier alpha value is -5.30. The SMILES string of the molecule is O=C(Cn1c(N2CCOCC2)cnc(NC(=O)c2coc(-c3ccccc3)n2)c1=O)NCc1cc2cnccc2[nH]1. The summed E-state index contributed by atoms with van der Waals surface area (Å²) in [5, 5.41) is 6.29. The number of oxazole rings is 1. The van der Waals surface area contributed by atoms with Crippen LogP contribution in [0.4, 0.5) is 11.6 Å². The molecule has 1 fully saturated rings. The molecule has 0 atom stereocenters. The second kappa shape index (κ2) is 11.4. The molecule has 41 heavy (non-hydrogen) atoms. The molecule has 1 aliphatic heterocycles. The number of nitrogens with zero attached hydrogens (tertiary/aromatic N) is 5. The lowest BCUT2D eigenvalue weighted by molar-refractivity contribution is -0.121. The zero-order valence-corrected chi connectivity index (χ0v) is 21.9. The molecule has 5 aromatic rings. The molecule has 1 aromatic carbocycles. The predicted octanol–water partition coefficient (Wildman–Crippen LogP) is 2.18. The van der Waals surface area contributed by atoms with E-state index in [2.05, 4.69) is 30.6 Å². The van der Waals surface area contributed by atoms with E-state index in [9.17, 15) is 14.4 Å². The van der Waals surface area contributed by atoms with E-state index in [1.165, 1.54) is 17.0 Å². The molecule has 13 nitrogen and oxygen atoms in total. The molecule has 1 saturated heterocycles. The Morgan fingerprint density at radius 3 is 2.71 bits per heavy atom. The molecular weight excluding hydrogens is 528 g/mol. The number of morpholine rings is 1. The van der Waals surface area contributed by atoms with Gasteiger partial charge >= 0.3 is 0 Å². The standard InChI is InChI=1S/C28H26N8O5/c37-23(30-14-20-12-19-13-29-7-6-21(19)32-20)16-36-24(35-8-10-40-11-9-35)15-31-25(28(36)39)34-26(38)22-17-41-27(33-22)18-4-2-1-3-5-18/h1-7,12-13,15,17,32H,8-11,14,16H2,(H,30,37)(H,31,34,38). The van der Waals surface area contributed by atoms with Gasteiger partial charge in [-0.3, -0.25) is 23.9 Å². The zero-order chi connectivity index (χ0) is 28.2. The average Bonchev–Trinajstić information content (AvgIpc) is 3.67. The second-order valence-electron chi connectivity index (χ2n) is 9.35. The summed E-state index contributed by atoms with van der Waals surface area (Å²) in [5.41, 5.74) is 1.78. The third-order valence-electron chi connectivity index (χ3n) is 6.61. The van der Waals surface area contributed by atoms with Gasteiger partial charge in [-0.2, -0.15) is 0 Å². The summed E-state index contributed by atoms with van der Waals surface area (Å²) in [7, 11) is 0. The van der Waals surface area contributed by atoms with Crippen LogP contribution in [0, 0.1) is 0 Å². The van der Waals surface area contributed by atoms with E-state index >= 15 is 0 Å². The molecular formula is C28H26N8O5. The highest BCUT2D eigenvalue weighted by Gasteiger charge is 2.22. The summed E-state index contributed by atoms with van der Waals surface area (Å²) in [6, 6.07) is 12.9. The molecule has 0 aliphatic carbocycles. The van der Waals surface area contributed by atoms with Crippen molar-refractivity contribution in [3.05, 3.63) is 89.1 Å². The summed E-state index contributed by atoms with van der Waals surface area (Å²) in [6.07, 6.45) is 6.11. The molecule has 0 spiro atoms. The number of carbonyl (C=O) groups is 2. The molecule has 2 amide bonds. The van der Waals surface area contributed by atoms with Crippen LogP contribution in [0.1, 0.15) is 16.2 Å². The Labute approximate surface area is 233 Å². The van der Waals surface area contributed by atoms with Crippen molar-refractivity contribution < 1.29 is 18.7 Å².